The van der Waals surface area contributed by atoms with E-state index in [0.29, 0.717) is 6.54 Å². The SMILES string of the molecule is NCCNC(=O)c1ccc(-c2cccc(C(F)(F)F)c2)o1. The van der Waals surface area contributed by atoms with Crippen molar-refractivity contribution in [2.24, 2.45) is 5.73 Å². The second-order valence-electron chi connectivity index (χ2n) is 4.29. The maximum Gasteiger partial charge on any atom is 0.416 e. The van der Waals surface area contributed by atoms with E-state index in [2.05, 4.69) is 5.32 Å². The van der Waals surface area contributed by atoms with Crippen molar-refractivity contribution >= 4 is 5.91 Å². The molecule has 0 saturated heterocycles. The van der Waals surface area contributed by atoms with Crippen molar-refractivity contribution in [3.05, 3.63) is 47.7 Å². The molecular formula is C14H13F3N2O2. The second-order valence-corrected chi connectivity index (χ2v) is 4.29. The van der Waals surface area contributed by atoms with Gasteiger partial charge in [0, 0.05) is 18.7 Å². The molecule has 2 rings (SSSR count). The number of halogens is 3. The molecule has 1 heterocycles. The first-order chi connectivity index (χ1) is 9.91. The summed E-state index contributed by atoms with van der Waals surface area (Å²) in [5.74, 6) is -0.242. The van der Waals surface area contributed by atoms with E-state index in [1.807, 2.05) is 0 Å². The van der Waals surface area contributed by atoms with Crippen LogP contribution in [-0.4, -0.2) is 19.0 Å². The minimum Gasteiger partial charge on any atom is -0.451 e. The van der Waals surface area contributed by atoms with E-state index < -0.39 is 17.6 Å². The second kappa shape index (κ2) is 6.01. The summed E-state index contributed by atoms with van der Waals surface area (Å²) in [5.41, 5.74) is 4.74. The molecule has 0 saturated carbocycles. The predicted octanol–water partition coefficient (Wildman–Crippen LogP) is 2.65. The van der Waals surface area contributed by atoms with Crippen molar-refractivity contribution in [2.75, 3.05) is 13.1 Å². The molecule has 0 spiro atoms. The number of hydrogen-bond acceptors (Lipinski definition) is 3. The van der Waals surface area contributed by atoms with Gasteiger partial charge in [0.1, 0.15) is 5.76 Å². The Morgan fingerprint density at radius 1 is 1.24 bits per heavy atom. The summed E-state index contributed by atoms with van der Waals surface area (Å²) < 4.78 is 43.2. The number of carbonyl (C=O) groups is 1. The molecule has 0 radical (unpaired) electrons. The fourth-order valence-electron chi connectivity index (χ4n) is 1.74. The van der Waals surface area contributed by atoms with Gasteiger partial charge in [0.25, 0.3) is 5.91 Å². The maximum absolute atomic E-state index is 12.6. The molecule has 0 aliphatic rings. The van der Waals surface area contributed by atoms with E-state index in [1.165, 1.54) is 24.3 Å². The molecule has 0 unspecified atom stereocenters. The topological polar surface area (TPSA) is 68.3 Å². The molecular weight excluding hydrogens is 285 g/mol. The van der Waals surface area contributed by atoms with Gasteiger partial charge in [-0.15, -0.1) is 0 Å². The molecule has 0 fully saturated rings. The van der Waals surface area contributed by atoms with Gasteiger partial charge < -0.3 is 15.5 Å². The third-order valence-electron chi connectivity index (χ3n) is 2.73. The fourth-order valence-corrected chi connectivity index (χ4v) is 1.74. The van der Waals surface area contributed by atoms with Crippen LogP contribution >= 0.6 is 0 Å². The normalized spacial score (nSPS) is 11.4. The highest BCUT2D eigenvalue weighted by Gasteiger charge is 2.30. The van der Waals surface area contributed by atoms with Crippen molar-refractivity contribution in [1.29, 1.82) is 0 Å². The van der Waals surface area contributed by atoms with E-state index in [1.54, 1.807) is 0 Å². The summed E-state index contributed by atoms with van der Waals surface area (Å²) in [6.07, 6.45) is -4.43. The van der Waals surface area contributed by atoms with Crippen LogP contribution in [0.2, 0.25) is 0 Å². The number of furan rings is 1. The Kier molecular flexibility index (Phi) is 4.32. The van der Waals surface area contributed by atoms with Gasteiger partial charge in [0.15, 0.2) is 5.76 Å². The van der Waals surface area contributed by atoms with Crippen LogP contribution in [0.3, 0.4) is 0 Å². The molecule has 4 nitrogen and oxygen atoms in total. The first-order valence-corrected chi connectivity index (χ1v) is 6.17. The van der Waals surface area contributed by atoms with Gasteiger partial charge >= 0.3 is 6.18 Å². The average Bonchev–Trinajstić information content (AvgIpc) is 2.94. The standard InChI is InChI=1S/C14H13F3N2O2/c15-14(16,17)10-3-1-2-9(8-10)11-4-5-12(21-11)13(20)19-7-6-18/h1-5,8H,6-7,18H2,(H,19,20). The number of hydrogen-bond donors (Lipinski definition) is 2. The van der Waals surface area contributed by atoms with Gasteiger partial charge in [0.05, 0.1) is 5.56 Å². The Labute approximate surface area is 118 Å². The molecule has 21 heavy (non-hydrogen) atoms. The molecule has 3 N–H and O–H groups in total. The van der Waals surface area contributed by atoms with Crippen LogP contribution in [0, 0.1) is 0 Å². The number of alkyl halides is 3. The smallest absolute Gasteiger partial charge is 0.416 e. The van der Waals surface area contributed by atoms with Crippen molar-refractivity contribution in [2.45, 2.75) is 6.18 Å². The zero-order valence-electron chi connectivity index (χ0n) is 10.9. The summed E-state index contributed by atoms with van der Waals surface area (Å²) in [6.45, 7) is 0.575. The van der Waals surface area contributed by atoms with Crippen LogP contribution < -0.4 is 11.1 Å². The molecule has 1 aromatic carbocycles. The predicted molar refractivity (Wildman–Crippen MR) is 70.5 cm³/mol. The Morgan fingerprint density at radius 3 is 2.67 bits per heavy atom. The van der Waals surface area contributed by atoms with E-state index in [-0.39, 0.29) is 23.6 Å². The Hall–Kier alpha value is -2.28. The third-order valence-corrected chi connectivity index (χ3v) is 2.73. The molecule has 0 aliphatic carbocycles. The van der Waals surface area contributed by atoms with Gasteiger partial charge in [-0.1, -0.05) is 12.1 Å². The van der Waals surface area contributed by atoms with E-state index in [9.17, 15) is 18.0 Å². The highest BCUT2D eigenvalue weighted by atomic mass is 19.4. The molecule has 0 bridgehead atoms. The van der Waals surface area contributed by atoms with Gasteiger partial charge in [-0.2, -0.15) is 13.2 Å². The zero-order chi connectivity index (χ0) is 15.5. The first-order valence-electron chi connectivity index (χ1n) is 6.17. The number of nitrogens with one attached hydrogen (secondary N) is 1. The van der Waals surface area contributed by atoms with Gasteiger partial charge in [-0.05, 0) is 24.3 Å². The largest absolute Gasteiger partial charge is 0.451 e. The molecule has 112 valence electrons. The molecule has 1 aromatic heterocycles. The Morgan fingerprint density at radius 2 is 2.00 bits per heavy atom. The van der Waals surface area contributed by atoms with E-state index in [4.69, 9.17) is 10.2 Å². The van der Waals surface area contributed by atoms with E-state index >= 15 is 0 Å². The number of amides is 1. The Balaban J connectivity index is 2.24. The first kappa shape index (κ1) is 15.1. The van der Waals surface area contributed by atoms with Crippen molar-refractivity contribution in [3.63, 3.8) is 0 Å². The molecule has 7 heteroatoms. The van der Waals surface area contributed by atoms with Gasteiger partial charge in [0.2, 0.25) is 0 Å². The molecule has 2 aromatic rings. The summed E-state index contributed by atoms with van der Waals surface area (Å²) in [7, 11) is 0. The average molecular weight is 298 g/mol. The lowest BCUT2D eigenvalue weighted by atomic mass is 10.1. The summed E-state index contributed by atoms with van der Waals surface area (Å²) in [4.78, 5) is 11.6. The number of nitrogens with two attached hydrogens (primary N) is 1. The minimum atomic E-state index is -4.43. The lowest BCUT2D eigenvalue weighted by Gasteiger charge is -2.07. The minimum absolute atomic E-state index is 0.0239. The number of benzene rings is 1. The summed E-state index contributed by atoms with van der Waals surface area (Å²) in [5, 5.41) is 2.51. The van der Waals surface area contributed by atoms with Crippen molar-refractivity contribution in [1.82, 2.24) is 5.32 Å². The highest BCUT2D eigenvalue weighted by molar-refractivity contribution is 5.92. The van der Waals surface area contributed by atoms with Gasteiger partial charge in [-0.3, -0.25) is 4.79 Å². The summed E-state index contributed by atoms with van der Waals surface area (Å²) in [6, 6.07) is 7.57. The van der Waals surface area contributed by atoms with Crippen LogP contribution in [0.25, 0.3) is 11.3 Å². The van der Waals surface area contributed by atoms with Crippen molar-refractivity contribution in [3.8, 4) is 11.3 Å². The zero-order valence-corrected chi connectivity index (χ0v) is 10.9. The quantitative estimate of drug-likeness (QED) is 0.911. The van der Waals surface area contributed by atoms with Crippen LogP contribution in [0.1, 0.15) is 16.1 Å². The highest BCUT2D eigenvalue weighted by Crippen LogP contribution is 2.32. The van der Waals surface area contributed by atoms with Gasteiger partial charge in [-0.25, -0.2) is 0 Å². The monoisotopic (exact) mass is 298 g/mol. The molecule has 0 aliphatic heterocycles. The maximum atomic E-state index is 12.6. The van der Waals surface area contributed by atoms with E-state index in [0.717, 1.165) is 12.1 Å². The van der Waals surface area contributed by atoms with Crippen LogP contribution in [0.15, 0.2) is 40.8 Å². The van der Waals surface area contributed by atoms with Crippen molar-refractivity contribution < 1.29 is 22.4 Å². The molecule has 1 amide bonds. The lowest BCUT2D eigenvalue weighted by molar-refractivity contribution is -0.137. The van der Waals surface area contributed by atoms with Crippen LogP contribution in [0.4, 0.5) is 13.2 Å². The summed E-state index contributed by atoms with van der Waals surface area (Å²) >= 11 is 0. The lowest BCUT2D eigenvalue weighted by Crippen LogP contribution is -2.28. The molecule has 0 atom stereocenters. The number of carbonyl (C=O) groups excluding carboxylic acids is 1. The number of rotatable bonds is 4. The van der Waals surface area contributed by atoms with Crippen LogP contribution in [0.5, 0.6) is 0 Å². The third kappa shape index (κ3) is 3.63. The Bertz CT molecular complexity index is 635. The van der Waals surface area contributed by atoms with Crippen LogP contribution in [-0.2, 0) is 6.18 Å². The fraction of sp³-hybridized carbons (Fsp3) is 0.214.